The smallest absolute Gasteiger partial charge is 0.0766 e. The van der Waals surface area contributed by atoms with E-state index in [1.807, 2.05) is 23.9 Å². The van der Waals surface area contributed by atoms with Crippen molar-refractivity contribution in [3.8, 4) is 0 Å². The molecule has 0 saturated heterocycles. The molecule has 19 heavy (non-hydrogen) atoms. The summed E-state index contributed by atoms with van der Waals surface area (Å²) in [6.45, 7) is 2.09. The Morgan fingerprint density at radius 1 is 1.37 bits per heavy atom. The van der Waals surface area contributed by atoms with Gasteiger partial charge in [-0.25, -0.2) is 0 Å². The van der Waals surface area contributed by atoms with E-state index in [2.05, 4.69) is 48.9 Å². The van der Waals surface area contributed by atoms with E-state index >= 15 is 0 Å². The molecule has 1 unspecified atom stereocenters. The third-order valence-electron chi connectivity index (χ3n) is 3.05. The second-order valence-corrected chi connectivity index (χ2v) is 6.11. The maximum atomic E-state index is 6.23. The topological polar surface area (TPSA) is 56.7 Å². The number of aromatic nitrogens is 3. The molecule has 0 aliphatic carbocycles. The van der Waals surface area contributed by atoms with Crippen molar-refractivity contribution in [1.29, 1.82) is 0 Å². The van der Waals surface area contributed by atoms with Crippen LogP contribution in [0.15, 0.2) is 27.3 Å². The molecular weight excluding hydrogens is 372 g/mol. The van der Waals surface area contributed by atoms with Gasteiger partial charge in [-0.3, -0.25) is 9.67 Å². The predicted molar refractivity (Wildman–Crippen MR) is 82.9 cm³/mol. The average Bonchev–Trinajstić information content (AvgIpc) is 2.67. The Balaban J connectivity index is 2.21. The Labute approximate surface area is 129 Å². The van der Waals surface area contributed by atoms with Crippen molar-refractivity contribution in [2.45, 2.75) is 25.8 Å². The molecule has 2 aromatic rings. The largest absolute Gasteiger partial charge is 0.322 e. The fourth-order valence-corrected chi connectivity index (χ4v) is 2.97. The quantitative estimate of drug-likeness (QED) is 0.876. The van der Waals surface area contributed by atoms with Crippen molar-refractivity contribution in [1.82, 2.24) is 14.8 Å². The molecule has 2 aromatic heterocycles. The number of nitrogens with zero attached hydrogens (tertiary/aromatic N) is 3. The van der Waals surface area contributed by atoms with Crippen molar-refractivity contribution in [3.63, 3.8) is 0 Å². The van der Waals surface area contributed by atoms with E-state index in [0.717, 1.165) is 32.4 Å². The van der Waals surface area contributed by atoms with E-state index in [1.165, 1.54) is 0 Å². The van der Waals surface area contributed by atoms with E-state index in [-0.39, 0.29) is 6.04 Å². The zero-order valence-electron chi connectivity index (χ0n) is 10.9. The van der Waals surface area contributed by atoms with Crippen LogP contribution in [0.2, 0.25) is 0 Å². The van der Waals surface area contributed by atoms with E-state index < -0.39 is 0 Å². The summed E-state index contributed by atoms with van der Waals surface area (Å²) < 4.78 is 3.91. The lowest BCUT2D eigenvalue weighted by Crippen LogP contribution is -2.16. The standard InChI is InChI=1S/C13H16Br2N4/c1-3-10-13(15)12(19(2)18-10)6-9(16)11-5-4-8(14)7-17-11/h4-5,7,9H,3,6,16H2,1-2H3. The van der Waals surface area contributed by atoms with Crippen molar-refractivity contribution >= 4 is 31.9 Å². The molecule has 102 valence electrons. The fraction of sp³-hybridized carbons (Fsp3) is 0.385. The Bertz CT molecular complexity index is 563. The molecule has 1 atom stereocenters. The van der Waals surface area contributed by atoms with Gasteiger partial charge in [-0.15, -0.1) is 0 Å². The van der Waals surface area contributed by atoms with Gasteiger partial charge in [0.1, 0.15) is 0 Å². The summed E-state index contributed by atoms with van der Waals surface area (Å²) in [7, 11) is 1.95. The predicted octanol–water partition coefficient (Wildman–Crippen LogP) is 3.15. The number of nitrogens with two attached hydrogens (primary N) is 1. The third kappa shape index (κ3) is 3.24. The highest BCUT2D eigenvalue weighted by Gasteiger charge is 2.17. The summed E-state index contributed by atoms with van der Waals surface area (Å²) in [4.78, 5) is 4.34. The molecule has 2 N–H and O–H groups in total. The number of hydrogen-bond acceptors (Lipinski definition) is 3. The molecule has 2 heterocycles. The van der Waals surface area contributed by atoms with Crippen LogP contribution in [-0.2, 0) is 19.9 Å². The lowest BCUT2D eigenvalue weighted by Gasteiger charge is -2.11. The van der Waals surface area contributed by atoms with Gasteiger partial charge in [-0.05, 0) is 50.4 Å². The minimum absolute atomic E-state index is 0.135. The zero-order valence-corrected chi connectivity index (χ0v) is 14.1. The summed E-state index contributed by atoms with van der Waals surface area (Å²) in [5, 5.41) is 4.48. The second-order valence-electron chi connectivity index (χ2n) is 4.40. The fourth-order valence-electron chi connectivity index (χ4n) is 1.96. The Morgan fingerprint density at radius 2 is 2.11 bits per heavy atom. The van der Waals surface area contributed by atoms with Gasteiger partial charge >= 0.3 is 0 Å². The van der Waals surface area contributed by atoms with Crippen LogP contribution < -0.4 is 5.73 Å². The van der Waals surface area contributed by atoms with Crippen LogP contribution in [-0.4, -0.2) is 14.8 Å². The highest BCUT2D eigenvalue weighted by atomic mass is 79.9. The SMILES string of the molecule is CCc1nn(C)c(CC(N)c2ccc(Br)cn2)c1Br. The van der Waals surface area contributed by atoms with Crippen molar-refractivity contribution < 1.29 is 0 Å². The first-order valence-corrected chi connectivity index (χ1v) is 7.68. The van der Waals surface area contributed by atoms with Crippen molar-refractivity contribution in [2.24, 2.45) is 12.8 Å². The molecule has 0 aliphatic heterocycles. The van der Waals surface area contributed by atoms with Crippen LogP contribution >= 0.6 is 31.9 Å². The minimum atomic E-state index is -0.135. The number of pyridine rings is 1. The van der Waals surface area contributed by atoms with Gasteiger partial charge in [0.25, 0.3) is 0 Å². The lowest BCUT2D eigenvalue weighted by molar-refractivity contribution is 0.626. The molecule has 0 spiro atoms. The van der Waals surface area contributed by atoms with Gasteiger partial charge in [0.15, 0.2) is 0 Å². The van der Waals surface area contributed by atoms with Crippen molar-refractivity contribution in [3.05, 3.63) is 44.4 Å². The normalized spacial score (nSPS) is 12.7. The van der Waals surface area contributed by atoms with E-state index in [1.54, 1.807) is 6.20 Å². The first-order valence-electron chi connectivity index (χ1n) is 6.10. The first-order chi connectivity index (χ1) is 9.02. The van der Waals surface area contributed by atoms with E-state index in [9.17, 15) is 0 Å². The van der Waals surface area contributed by atoms with E-state index in [4.69, 9.17) is 5.73 Å². The molecule has 4 nitrogen and oxygen atoms in total. The molecule has 0 aromatic carbocycles. The number of rotatable bonds is 4. The van der Waals surface area contributed by atoms with Gasteiger partial charge in [0.2, 0.25) is 0 Å². The Kier molecular flexibility index (Phi) is 4.76. The molecule has 0 radical (unpaired) electrons. The second kappa shape index (κ2) is 6.15. The average molecular weight is 388 g/mol. The lowest BCUT2D eigenvalue weighted by atomic mass is 10.1. The number of halogens is 2. The number of aryl methyl sites for hydroxylation is 2. The summed E-state index contributed by atoms with van der Waals surface area (Å²) in [5.74, 6) is 0. The monoisotopic (exact) mass is 386 g/mol. The van der Waals surface area contributed by atoms with Crippen LogP contribution in [0.25, 0.3) is 0 Å². The van der Waals surface area contributed by atoms with Crippen LogP contribution in [0.3, 0.4) is 0 Å². The van der Waals surface area contributed by atoms with Gasteiger partial charge < -0.3 is 5.73 Å². The third-order valence-corrected chi connectivity index (χ3v) is 4.43. The van der Waals surface area contributed by atoms with Gasteiger partial charge in [-0.1, -0.05) is 6.92 Å². The zero-order chi connectivity index (χ0) is 14.0. The highest BCUT2D eigenvalue weighted by Crippen LogP contribution is 2.25. The maximum Gasteiger partial charge on any atom is 0.0766 e. The molecule has 0 fully saturated rings. The summed E-state index contributed by atoms with van der Waals surface area (Å²) >= 11 is 6.98. The Hall–Kier alpha value is -0.720. The molecule has 0 amide bonds. The summed E-state index contributed by atoms with van der Waals surface area (Å²) in [6, 6.07) is 3.77. The molecule has 0 bridgehead atoms. The number of hydrogen-bond donors (Lipinski definition) is 1. The molecule has 2 rings (SSSR count). The van der Waals surface area contributed by atoms with Gasteiger partial charge in [0, 0.05) is 24.1 Å². The van der Waals surface area contributed by atoms with Crippen molar-refractivity contribution in [2.75, 3.05) is 0 Å². The molecular formula is C13H16Br2N4. The van der Waals surface area contributed by atoms with Crippen LogP contribution in [0.4, 0.5) is 0 Å². The summed E-state index contributed by atoms with van der Waals surface area (Å²) in [6.07, 6.45) is 3.38. The molecule has 0 aliphatic rings. The van der Waals surface area contributed by atoms with Gasteiger partial charge in [0.05, 0.1) is 27.6 Å². The molecule has 0 saturated carbocycles. The maximum absolute atomic E-state index is 6.23. The Morgan fingerprint density at radius 3 is 2.63 bits per heavy atom. The van der Waals surface area contributed by atoms with Crippen LogP contribution in [0.1, 0.15) is 30.0 Å². The summed E-state index contributed by atoms with van der Waals surface area (Å²) in [5.41, 5.74) is 9.28. The highest BCUT2D eigenvalue weighted by molar-refractivity contribution is 9.10. The first kappa shape index (κ1) is 14.7. The molecule has 6 heteroatoms. The van der Waals surface area contributed by atoms with Crippen LogP contribution in [0.5, 0.6) is 0 Å². The van der Waals surface area contributed by atoms with E-state index in [0.29, 0.717) is 6.42 Å². The van der Waals surface area contributed by atoms with Gasteiger partial charge in [-0.2, -0.15) is 5.10 Å². The minimum Gasteiger partial charge on any atom is -0.322 e. The van der Waals surface area contributed by atoms with Crippen LogP contribution in [0, 0.1) is 0 Å².